The average Bonchev–Trinajstić information content (AvgIpc) is 3.00. The van der Waals surface area contributed by atoms with Crippen molar-refractivity contribution in [3.63, 3.8) is 0 Å². The third-order valence-corrected chi connectivity index (χ3v) is 8.87. The molecule has 0 unspecified atom stereocenters. The fourth-order valence-corrected chi connectivity index (χ4v) is 6.01. The van der Waals surface area contributed by atoms with Crippen LogP contribution in [0, 0.1) is 5.82 Å². The SMILES string of the molecule is CC[C@@H](C)NC(=O)[C@@H](CC)N(Cc1ccc(F)cc1)C(=O)CN(c1ccc2c(c1)OCCO2)S(=O)(=O)c1ccccc1. The number of hydrogen-bond donors (Lipinski definition) is 1. The van der Waals surface area contributed by atoms with Crippen molar-refractivity contribution < 1.29 is 31.9 Å². The number of fused-ring (bicyclic) bond motifs is 1. The zero-order valence-corrected chi connectivity index (χ0v) is 24.8. The number of carbonyl (C=O) groups excluding carboxylic acids is 2. The average molecular weight is 598 g/mol. The number of nitrogens with one attached hydrogen (secondary N) is 1. The summed E-state index contributed by atoms with van der Waals surface area (Å²) in [6, 6.07) is 17.1. The summed E-state index contributed by atoms with van der Waals surface area (Å²) in [4.78, 5) is 28.8. The largest absolute Gasteiger partial charge is 0.486 e. The normalized spacial score (nSPS) is 14.0. The second-order valence-corrected chi connectivity index (χ2v) is 11.9. The molecule has 9 nitrogen and oxygen atoms in total. The summed E-state index contributed by atoms with van der Waals surface area (Å²) < 4.78 is 53.9. The highest BCUT2D eigenvalue weighted by Crippen LogP contribution is 2.36. The van der Waals surface area contributed by atoms with E-state index in [0.29, 0.717) is 36.7 Å². The minimum atomic E-state index is -4.22. The van der Waals surface area contributed by atoms with Gasteiger partial charge >= 0.3 is 0 Å². The molecular formula is C31H36FN3O6S. The van der Waals surface area contributed by atoms with Crippen molar-refractivity contribution in [2.75, 3.05) is 24.1 Å². The second kappa shape index (κ2) is 13.7. The first kappa shape index (κ1) is 30.8. The van der Waals surface area contributed by atoms with Gasteiger partial charge in [-0.3, -0.25) is 13.9 Å². The molecule has 0 bridgehead atoms. The summed E-state index contributed by atoms with van der Waals surface area (Å²) in [7, 11) is -4.22. The van der Waals surface area contributed by atoms with Gasteiger partial charge in [-0.15, -0.1) is 0 Å². The zero-order valence-electron chi connectivity index (χ0n) is 24.0. The van der Waals surface area contributed by atoms with E-state index in [0.717, 1.165) is 4.31 Å². The first-order valence-electron chi connectivity index (χ1n) is 14.0. The van der Waals surface area contributed by atoms with Gasteiger partial charge in [0.25, 0.3) is 10.0 Å². The number of amides is 2. The third kappa shape index (κ3) is 7.20. The van der Waals surface area contributed by atoms with E-state index in [1.165, 1.54) is 47.4 Å². The van der Waals surface area contributed by atoms with Gasteiger partial charge in [-0.05, 0) is 61.7 Å². The van der Waals surface area contributed by atoms with Gasteiger partial charge in [-0.1, -0.05) is 44.2 Å². The molecule has 3 aromatic carbocycles. The predicted molar refractivity (Wildman–Crippen MR) is 157 cm³/mol. The number of nitrogens with zero attached hydrogens (tertiary/aromatic N) is 2. The molecule has 0 spiro atoms. The third-order valence-electron chi connectivity index (χ3n) is 7.08. The molecule has 42 heavy (non-hydrogen) atoms. The lowest BCUT2D eigenvalue weighted by atomic mass is 10.1. The Bertz CT molecular complexity index is 1480. The molecule has 0 radical (unpaired) electrons. The van der Waals surface area contributed by atoms with Gasteiger partial charge in [0.1, 0.15) is 31.6 Å². The van der Waals surface area contributed by atoms with E-state index in [-0.39, 0.29) is 35.5 Å². The number of carbonyl (C=O) groups is 2. The number of benzene rings is 3. The molecule has 0 fully saturated rings. The molecule has 11 heteroatoms. The topological polar surface area (TPSA) is 105 Å². The number of anilines is 1. The molecule has 0 aliphatic carbocycles. The molecule has 0 saturated carbocycles. The van der Waals surface area contributed by atoms with Gasteiger partial charge in [0, 0.05) is 18.7 Å². The number of halogens is 1. The summed E-state index contributed by atoms with van der Waals surface area (Å²) in [6.45, 7) is 5.64. The van der Waals surface area contributed by atoms with E-state index in [9.17, 15) is 22.4 Å². The summed E-state index contributed by atoms with van der Waals surface area (Å²) in [5.74, 6) is -0.544. The zero-order chi connectivity index (χ0) is 30.3. The fraction of sp³-hybridized carbons (Fsp3) is 0.355. The van der Waals surface area contributed by atoms with Crippen LogP contribution in [-0.2, 0) is 26.2 Å². The molecule has 0 saturated heterocycles. The lowest BCUT2D eigenvalue weighted by Crippen LogP contribution is -2.53. The first-order valence-corrected chi connectivity index (χ1v) is 15.4. The van der Waals surface area contributed by atoms with Gasteiger partial charge < -0.3 is 19.7 Å². The molecule has 4 rings (SSSR count). The van der Waals surface area contributed by atoms with Crippen molar-refractivity contribution in [3.05, 3.63) is 84.2 Å². The minimum absolute atomic E-state index is 0.000621. The molecule has 3 aromatic rings. The van der Waals surface area contributed by atoms with Crippen molar-refractivity contribution in [2.45, 2.75) is 57.1 Å². The second-order valence-electron chi connectivity index (χ2n) is 10.0. The fourth-order valence-electron chi connectivity index (χ4n) is 4.58. The van der Waals surface area contributed by atoms with Gasteiger partial charge in [-0.2, -0.15) is 0 Å². The summed E-state index contributed by atoms with van der Waals surface area (Å²) >= 11 is 0. The van der Waals surface area contributed by atoms with Crippen LogP contribution in [0.15, 0.2) is 77.7 Å². The Balaban J connectivity index is 1.75. The van der Waals surface area contributed by atoms with Gasteiger partial charge in [0.05, 0.1) is 10.6 Å². The van der Waals surface area contributed by atoms with Crippen molar-refractivity contribution in [2.24, 2.45) is 0 Å². The van der Waals surface area contributed by atoms with Crippen LogP contribution in [0.5, 0.6) is 11.5 Å². The highest BCUT2D eigenvalue weighted by atomic mass is 32.2. The quantitative estimate of drug-likeness (QED) is 0.329. The number of hydrogen-bond acceptors (Lipinski definition) is 6. The van der Waals surface area contributed by atoms with E-state index in [2.05, 4.69) is 5.32 Å². The van der Waals surface area contributed by atoms with Crippen LogP contribution in [0.4, 0.5) is 10.1 Å². The van der Waals surface area contributed by atoms with Crippen LogP contribution < -0.4 is 19.1 Å². The molecular weight excluding hydrogens is 561 g/mol. The van der Waals surface area contributed by atoms with Crippen LogP contribution in [0.3, 0.4) is 0 Å². The lowest BCUT2D eigenvalue weighted by molar-refractivity contribution is -0.140. The Morgan fingerprint density at radius 1 is 0.929 bits per heavy atom. The summed E-state index contributed by atoms with van der Waals surface area (Å²) in [5.41, 5.74) is 0.798. The van der Waals surface area contributed by atoms with E-state index < -0.39 is 34.3 Å². The Labute approximate surface area is 246 Å². The Hall–Kier alpha value is -4.12. The van der Waals surface area contributed by atoms with Gasteiger partial charge in [0.15, 0.2) is 11.5 Å². The molecule has 0 aromatic heterocycles. The van der Waals surface area contributed by atoms with Crippen molar-refractivity contribution >= 4 is 27.5 Å². The Kier molecular flexibility index (Phi) is 10.1. The molecule has 1 N–H and O–H groups in total. The van der Waals surface area contributed by atoms with E-state index in [4.69, 9.17) is 9.47 Å². The Morgan fingerprint density at radius 3 is 2.24 bits per heavy atom. The smallest absolute Gasteiger partial charge is 0.264 e. The monoisotopic (exact) mass is 597 g/mol. The van der Waals surface area contributed by atoms with Crippen LogP contribution in [0.25, 0.3) is 0 Å². The molecule has 1 aliphatic heterocycles. The lowest BCUT2D eigenvalue weighted by Gasteiger charge is -2.34. The number of rotatable bonds is 12. The molecule has 1 aliphatic rings. The molecule has 2 amide bonds. The maximum absolute atomic E-state index is 14.1. The van der Waals surface area contributed by atoms with E-state index in [1.54, 1.807) is 37.3 Å². The van der Waals surface area contributed by atoms with Crippen LogP contribution >= 0.6 is 0 Å². The maximum atomic E-state index is 14.1. The summed E-state index contributed by atoms with van der Waals surface area (Å²) in [6.07, 6.45) is 0.978. The van der Waals surface area contributed by atoms with Crippen LogP contribution in [-0.4, -0.2) is 57.0 Å². The van der Waals surface area contributed by atoms with Gasteiger partial charge in [-0.25, -0.2) is 12.8 Å². The highest BCUT2D eigenvalue weighted by molar-refractivity contribution is 7.92. The van der Waals surface area contributed by atoms with E-state index >= 15 is 0 Å². The van der Waals surface area contributed by atoms with Crippen LogP contribution in [0.1, 0.15) is 39.2 Å². The molecule has 224 valence electrons. The van der Waals surface area contributed by atoms with E-state index in [1.807, 2.05) is 13.8 Å². The minimum Gasteiger partial charge on any atom is -0.486 e. The van der Waals surface area contributed by atoms with Crippen molar-refractivity contribution in [1.82, 2.24) is 10.2 Å². The standard InChI is InChI=1S/C31H36FN3O6S/c1-4-22(3)33-31(37)27(5-2)34(20-23-11-13-24(32)14-12-23)30(36)21-35(42(38,39)26-9-7-6-8-10-26)25-15-16-28-29(19-25)41-18-17-40-28/h6-16,19,22,27H,4-5,17-18,20-21H2,1-3H3,(H,33,37)/t22-,27-/m1/s1. The summed E-state index contributed by atoms with van der Waals surface area (Å²) in [5, 5.41) is 2.93. The van der Waals surface area contributed by atoms with Crippen molar-refractivity contribution in [1.29, 1.82) is 0 Å². The Morgan fingerprint density at radius 2 is 1.60 bits per heavy atom. The van der Waals surface area contributed by atoms with Crippen LogP contribution in [0.2, 0.25) is 0 Å². The first-order chi connectivity index (χ1) is 20.1. The number of ether oxygens (including phenoxy) is 2. The molecule has 1 heterocycles. The predicted octanol–water partition coefficient (Wildman–Crippen LogP) is 4.51. The highest BCUT2D eigenvalue weighted by Gasteiger charge is 2.34. The van der Waals surface area contributed by atoms with Crippen molar-refractivity contribution in [3.8, 4) is 11.5 Å². The maximum Gasteiger partial charge on any atom is 0.264 e. The number of sulfonamides is 1. The molecule has 2 atom stereocenters. The van der Waals surface area contributed by atoms with Gasteiger partial charge in [0.2, 0.25) is 11.8 Å².